The third-order valence-corrected chi connectivity index (χ3v) is 3.65. The summed E-state index contributed by atoms with van der Waals surface area (Å²) in [4.78, 5) is 4.62. The Bertz CT molecular complexity index is 382. The van der Waals surface area contributed by atoms with Crippen molar-refractivity contribution in [3.63, 3.8) is 0 Å². The van der Waals surface area contributed by atoms with Gasteiger partial charge in [0, 0.05) is 32.7 Å². The van der Waals surface area contributed by atoms with Crippen LogP contribution >= 0.6 is 11.3 Å². The molecule has 0 aliphatic rings. The number of thiophene rings is 1. The van der Waals surface area contributed by atoms with Crippen molar-refractivity contribution in [2.24, 2.45) is 4.99 Å². The third-order valence-electron chi connectivity index (χ3n) is 2.95. The molecule has 0 radical (unpaired) electrons. The van der Waals surface area contributed by atoms with Crippen LogP contribution in [0.25, 0.3) is 0 Å². The van der Waals surface area contributed by atoms with E-state index in [-0.39, 0.29) is 0 Å². The first kappa shape index (κ1) is 17.9. The topological polar surface area (TPSA) is 54.9 Å². The summed E-state index contributed by atoms with van der Waals surface area (Å²) in [7, 11) is 1.67. The molecule has 1 unspecified atom stereocenters. The highest BCUT2D eigenvalue weighted by molar-refractivity contribution is 7.07. The zero-order chi connectivity index (χ0) is 15.3. The number of rotatable bonds is 10. The zero-order valence-electron chi connectivity index (χ0n) is 13.2. The molecule has 0 saturated carbocycles. The molecular weight excluding hydrogens is 286 g/mol. The average molecular weight is 313 g/mol. The zero-order valence-corrected chi connectivity index (χ0v) is 14.0. The van der Waals surface area contributed by atoms with Gasteiger partial charge < -0.3 is 20.1 Å². The molecule has 21 heavy (non-hydrogen) atoms. The maximum atomic E-state index is 5.42. The van der Waals surface area contributed by atoms with Gasteiger partial charge in [0.05, 0.1) is 19.8 Å². The Labute approximate surface area is 131 Å². The summed E-state index contributed by atoms with van der Waals surface area (Å²) in [6.07, 6.45) is 0. The van der Waals surface area contributed by atoms with Crippen molar-refractivity contribution in [2.45, 2.75) is 19.8 Å². The Kier molecular flexibility index (Phi) is 9.86. The normalized spacial score (nSPS) is 13.2. The molecule has 1 aromatic rings. The molecule has 120 valence electrons. The van der Waals surface area contributed by atoms with Gasteiger partial charge in [0.25, 0.3) is 0 Å². The number of methoxy groups -OCH3 is 1. The minimum atomic E-state index is 0.435. The van der Waals surface area contributed by atoms with E-state index in [2.05, 4.69) is 46.3 Å². The Hall–Kier alpha value is -1.11. The molecule has 0 fully saturated rings. The Morgan fingerprint density at radius 2 is 2.19 bits per heavy atom. The number of hydrogen-bond acceptors (Lipinski definition) is 4. The van der Waals surface area contributed by atoms with Crippen molar-refractivity contribution >= 4 is 17.3 Å². The van der Waals surface area contributed by atoms with Gasteiger partial charge in [-0.25, -0.2) is 0 Å². The molecule has 5 nitrogen and oxygen atoms in total. The number of nitrogens with one attached hydrogen (secondary N) is 2. The molecule has 1 atom stereocenters. The van der Waals surface area contributed by atoms with Crippen molar-refractivity contribution < 1.29 is 9.47 Å². The van der Waals surface area contributed by atoms with E-state index < -0.39 is 0 Å². The van der Waals surface area contributed by atoms with E-state index in [4.69, 9.17) is 9.47 Å². The number of aliphatic imine (C=N–C) groups is 1. The monoisotopic (exact) mass is 313 g/mol. The van der Waals surface area contributed by atoms with Gasteiger partial charge in [0.1, 0.15) is 0 Å². The molecule has 0 aliphatic carbocycles. The van der Waals surface area contributed by atoms with Gasteiger partial charge in [0.15, 0.2) is 5.96 Å². The average Bonchev–Trinajstić information content (AvgIpc) is 3.02. The summed E-state index contributed by atoms with van der Waals surface area (Å²) in [5.74, 6) is 1.28. The van der Waals surface area contributed by atoms with Crippen LogP contribution in [0.1, 0.15) is 25.3 Å². The van der Waals surface area contributed by atoms with E-state index in [1.54, 1.807) is 18.4 Å². The predicted octanol–water partition coefficient (Wildman–Crippen LogP) is 2.07. The molecule has 1 aromatic heterocycles. The van der Waals surface area contributed by atoms with E-state index in [0.717, 1.165) is 25.6 Å². The van der Waals surface area contributed by atoms with Gasteiger partial charge in [0.2, 0.25) is 0 Å². The highest BCUT2D eigenvalue weighted by Gasteiger charge is 2.05. The maximum absolute atomic E-state index is 5.42. The van der Waals surface area contributed by atoms with Gasteiger partial charge in [-0.15, -0.1) is 0 Å². The first-order chi connectivity index (χ1) is 10.3. The van der Waals surface area contributed by atoms with Crippen molar-refractivity contribution in [1.29, 1.82) is 0 Å². The molecular formula is C15H27N3O2S. The minimum absolute atomic E-state index is 0.435. The van der Waals surface area contributed by atoms with E-state index in [1.807, 2.05) is 0 Å². The van der Waals surface area contributed by atoms with Gasteiger partial charge in [-0.3, -0.25) is 4.99 Å². The molecule has 0 saturated heterocycles. The van der Waals surface area contributed by atoms with Gasteiger partial charge in [-0.1, -0.05) is 6.92 Å². The first-order valence-electron chi connectivity index (χ1n) is 7.38. The lowest BCUT2D eigenvalue weighted by atomic mass is 10.1. The predicted molar refractivity (Wildman–Crippen MR) is 89.4 cm³/mol. The van der Waals surface area contributed by atoms with Gasteiger partial charge in [-0.2, -0.15) is 11.3 Å². The summed E-state index contributed by atoms with van der Waals surface area (Å²) >= 11 is 1.73. The van der Waals surface area contributed by atoms with Gasteiger partial charge in [-0.05, 0) is 29.3 Å². The second-order valence-electron chi connectivity index (χ2n) is 4.71. The van der Waals surface area contributed by atoms with Crippen LogP contribution in [0.5, 0.6) is 0 Å². The highest BCUT2D eigenvalue weighted by atomic mass is 32.1. The Morgan fingerprint density at radius 1 is 1.33 bits per heavy atom. The van der Waals surface area contributed by atoms with E-state index in [9.17, 15) is 0 Å². The lowest BCUT2D eigenvalue weighted by Gasteiger charge is -2.13. The van der Waals surface area contributed by atoms with Crippen molar-refractivity contribution in [3.05, 3.63) is 22.4 Å². The summed E-state index contributed by atoms with van der Waals surface area (Å²) < 4.78 is 10.3. The van der Waals surface area contributed by atoms with Crippen molar-refractivity contribution in [3.8, 4) is 0 Å². The molecule has 0 amide bonds. The standard InChI is InChI=1S/C15H27N3O2S/c1-4-16-15(17-6-7-20-9-8-19-3)18-11-13(2)14-5-10-21-12-14/h5,10,12-13H,4,6-9,11H2,1-3H3,(H2,16,17,18). The molecule has 0 spiro atoms. The molecule has 0 bridgehead atoms. The van der Waals surface area contributed by atoms with E-state index in [1.165, 1.54) is 5.56 Å². The quantitative estimate of drug-likeness (QED) is 0.394. The maximum Gasteiger partial charge on any atom is 0.191 e. The fourth-order valence-corrected chi connectivity index (χ4v) is 2.50. The van der Waals surface area contributed by atoms with E-state index >= 15 is 0 Å². The smallest absolute Gasteiger partial charge is 0.191 e. The summed E-state index contributed by atoms with van der Waals surface area (Å²) in [6, 6.07) is 2.16. The Morgan fingerprint density at radius 3 is 2.86 bits per heavy atom. The second-order valence-corrected chi connectivity index (χ2v) is 5.49. The lowest BCUT2D eigenvalue weighted by Crippen LogP contribution is -2.39. The minimum Gasteiger partial charge on any atom is -0.382 e. The highest BCUT2D eigenvalue weighted by Crippen LogP contribution is 2.18. The second kappa shape index (κ2) is 11.5. The largest absolute Gasteiger partial charge is 0.382 e. The molecule has 1 heterocycles. The molecule has 2 N–H and O–H groups in total. The van der Waals surface area contributed by atoms with Crippen LogP contribution < -0.4 is 10.6 Å². The lowest BCUT2D eigenvalue weighted by molar-refractivity contribution is 0.0733. The first-order valence-corrected chi connectivity index (χ1v) is 8.33. The summed E-state index contributed by atoms with van der Waals surface area (Å²) in [5.41, 5.74) is 1.35. The van der Waals surface area contributed by atoms with Crippen LogP contribution in [-0.4, -0.2) is 52.5 Å². The fraction of sp³-hybridized carbons (Fsp3) is 0.667. The molecule has 0 aromatic carbocycles. The summed E-state index contributed by atoms with van der Waals surface area (Å²) in [6.45, 7) is 8.53. The molecule has 6 heteroatoms. The van der Waals surface area contributed by atoms with Crippen molar-refractivity contribution in [2.75, 3.05) is 46.6 Å². The number of guanidine groups is 1. The SMILES string of the molecule is CCNC(=NCC(C)c1ccsc1)NCCOCCOC. The molecule has 0 aliphatic heterocycles. The van der Waals surface area contributed by atoms with Crippen LogP contribution in [0.2, 0.25) is 0 Å². The van der Waals surface area contributed by atoms with Gasteiger partial charge >= 0.3 is 0 Å². The molecule has 1 rings (SSSR count). The number of ether oxygens (including phenoxy) is 2. The number of nitrogens with zero attached hydrogens (tertiary/aromatic N) is 1. The Balaban J connectivity index is 2.29. The van der Waals surface area contributed by atoms with E-state index in [0.29, 0.717) is 25.7 Å². The van der Waals surface area contributed by atoms with Crippen LogP contribution in [0.3, 0.4) is 0 Å². The fourth-order valence-electron chi connectivity index (χ4n) is 1.72. The van der Waals surface area contributed by atoms with Crippen LogP contribution in [-0.2, 0) is 9.47 Å². The number of hydrogen-bond donors (Lipinski definition) is 2. The van der Waals surface area contributed by atoms with Crippen molar-refractivity contribution in [1.82, 2.24) is 10.6 Å². The van der Waals surface area contributed by atoms with Crippen LogP contribution in [0.15, 0.2) is 21.8 Å². The third kappa shape index (κ3) is 8.04. The summed E-state index contributed by atoms with van der Waals surface area (Å²) in [5, 5.41) is 10.8. The van der Waals surface area contributed by atoms with Crippen LogP contribution in [0.4, 0.5) is 0 Å². The van der Waals surface area contributed by atoms with Crippen LogP contribution in [0, 0.1) is 0 Å².